The first kappa shape index (κ1) is 22.8. The molecule has 30 heavy (non-hydrogen) atoms. The summed E-state index contributed by atoms with van der Waals surface area (Å²) in [5.41, 5.74) is 6.43. The minimum absolute atomic E-state index is 0.133. The molecule has 0 saturated heterocycles. The summed E-state index contributed by atoms with van der Waals surface area (Å²) in [7, 11) is 0. The normalized spacial score (nSPS) is 11.2. The number of thioether (sulfide) groups is 1. The van der Waals surface area contributed by atoms with Crippen molar-refractivity contribution in [3.8, 4) is 5.69 Å². The van der Waals surface area contributed by atoms with Crippen LogP contribution in [0.3, 0.4) is 0 Å². The van der Waals surface area contributed by atoms with E-state index in [0.29, 0.717) is 27.2 Å². The number of benzene rings is 2. The summed E-state index contributed by atoms with van der Waals surface area (Å²) >= 11 is 19.6. The molecule has 3 rings (SSSR count). The molecule has 156 valence electrons. The molecule has 0 spiro atoms. The van der Waals surface area contributed by atoms with E-state index in [1.54, 1.807) is 24.0 Å². The third-order valence-electron chi connectivity index (χ3n) is 4.44. The number of amides is 1. The van der Waals surface area contributed by atoms with Crippen molar-refractivity contribution in [3.63, 3.8) is 0 Å². The molecule has 1 heterocycles. The lowest BCUT2D eigenvalue weighted by molar-refractivity contribution is -0.120. The van der Waals surface area contributed by atoms with E-state index in [0.717, 1.165) is 27.5 Å². The molecule has 1 aromatic heterocycles. The number of aromatic nitrogens is 1. The third-order valence-corrected chi connectivity index (χ3v) is 6.44. The fourth-order valence-electron chi connectivity index (χ4n) is 2.96. The van der Waals surface area contributed by atoms with Crippen molar-refractivity contribution < 1.29 is 4.79 Å². The highest BCUT2D eigenvalue weighted by atomic mass is 35.5. The summed E-state index contributed by atoms with van der Waals surface area (Å²) in [6.07, 6.45) is 2.02. The van der Waals surface area contributed by atoms with Gasteiger partial charge in [-0.25, -0.2) is 5.43 Å². The highest BCUT2D eigenvalue weighted by molar-refractivity contribution is 7.99. The maximum atomic E-state index is 12.0. The first-order valence-corrected chi connectivity index (χ1v) is 11.3. The maximum Gasteiger partial charge on any atom is 0.240 e. The van der Waals surface area contributed by atoms with E-state index in [-0.39, 0.29) is 5.91 Å². The lowest BCUT2D eigenvalue weighted by atomic mass is 10.2. The van der Waals surface area contributed by atoms with Gasteiger partial charge in [0.05, 0.1) is 16.3 Å². The van der Waals surface area contributed by atoms with Gasteiger partial charge < -0.3 is 4.57 Å². The van der Waals surface area contributed by atoms with E-state index in [2.05, 4.69) is 15.1 Å². The van der Waals surface area contributed by atoms with Crippen molar-refractivity contribution in [1.82, 2.24) is 9.99 Å². The highest BCUT2D eigenvalue weighted by Gasteiger charge is 2.11. The monoisotopic (exact) mass is 479 g/mol. The second-order valence-electron chi connectivity index (χ2n) is 6.61. The van der Waals surface area contributed by atoms with Crippen LogP contribution >= 0.6 is 46.6 Å². The van der Waals surface area contributed by atoms with Crippen LogP contribution in [0.1, 0.15) is 23.4 Å². The summed E-state index contributed by atoms with van der Waals surface area (Å²) in [5.74, 6) is 0.528. The standard InChI is InChI=1S/C22H20Cl3N3OS/c1-14-11-16(15(2)28(14)18-5-8-20(24)21(25)12-18)13-26-27-22(29)9-10-30-19-6-3-17(23)4-7-19/h3-8,11-13H,9-10H2,1-2H3,(H,27,29)/b26-13-. The van der Waals surface area contributed by atoms with Gasteiger partial charge in [0.2, 0.25) is 5.91 Å². The molecule has 3 aromatic rings. The van der Waals surface area contributed by atoms with Crippen LogP contribution in [-0.4, -0.2) is 22.4 Å². The lowest BCUT2D eigenvalue weighted by Crippen LogP contribution is -2.17. The fraction of sp³-hybridized carbons (Fsp3) is 0.182. The second-order valence-corrected chi connectivity index (χ2v) is 9.03. The quantitative estimate of drug-likeness (QED) is 0.233. The number of aryl methyl sites for hydroxylation is 1. The van der Waals surface area contributed by atoms with Crippen LogP contribution in [0.4, 0.5) is 0 Å². The average molecular weight is 481 g/mol. The van der Waals surface area contributed by atoms with Crippen molar-refractivity contribution in [2.45, 2.75) is 25.2 Å². The van der Waals surface area contributed by atoms with Crippen molar-refractivity contribution in [2.75, 3.05) is 5.75 Å². The Kier molecular flexibility index (Phi) is 7.89. The maximum absolute atomic E-state index is 12.0. The van der Waals surface area contributed by atoms with Gasteiger partial charge in [0, 0.05) is 44.7 Å². The summed E-state index contributed by atoms with van der Waals surface area (Å²) in [4.78, 5) is 13.1. The number of hydrogen-bond acceptors (Lipinski definition) is 3. The highest BCUT2D eigenvalue weighted by Crippen LogP contribution is 2.27. The second kappa shape index (κ2) is 10.4. The van der Waals surface area contributed by atoms with Gasteiger partial charge in [-0.15, -0.1) is 11.8 Å². The number of nitrogens with zero attached hydrogens (tertiary/aromatic N) is 2. The Labute approximate surface area is 195 Å². The van der Waals surface area contributed by atoms with E-state index < -0.39 is 0 Å². The Balaban J connectivity index is 1.57. The number of nitrogens with one attached hydrogen (secondary N) is 1. The zero-order valence-corrected chi connectivity index (χ0v) is 19.5. The molecule has 1 N–H and O–H groups in total. The van der Waals surface area contributed by atoms with Crippen molar-refractivity contribution in [2.24, 2.45) is 5.10 Å². The molecule has 0 atom stereocenters. The van der Waals surface area contributed by atoms with Crippen molar-refractivity contribution in [1.29, 1.82) is 0 Å². The van der Waals surface area contributed by atoms with Gasteiger partial charge in [-0.1, -0.05) is 34.8 Å². The summed E-state index contributed by atoms with van der Waals surface area (Å²) in [6.45, 7) is 3.99. The van der Waals surface area contributed by atoms with E-state index in [9.17, 15) is 4.79 Å². The van der Waals surface area contributed by atoms with Crippen molar-refractivity contribution >= 4 is 58.7 Å². The number of hydrazone groups is 1. The predicted octanol–water partition coefficient (Wildman–Crippen LogP) is 6.69. The predicted molar refractivity (Wildman–Crippen MR) is 128 cm³/mol. The number of carbonyl (C=O) groups is 1. The SMILES string of the molecule is Cc1cc(/C=N\NC(=O)CCSc2ccc(Cl)cc2)c(C)n1-c1ccc(Cl)c(Cl)c1. The van der Waals surface area contributed by atoms with Crippen LogP contribution in [0, 0.1) is 13.8 Å². The first-order chi connectivity index (χ1) is 14.3. The molecule has 8 heteroatoms. The molecular formula is C22H20Cl3N3OS. The Morgan fingerprint density at radius 1 is 1.07 bits per heavy atom. The molecule has 2 aromatic carbocycles. The summed E-state index contributed by atoms with van der Waals surface area (Å²) in [6, 6.07) is 15.1. The van der Waals surface area contributed by atoms with Gasteiger partial charge in [0.25, 0.3) is 0 Å². The van der Waals surface area contributed by atoms with E-state index in [1.165, 1.54) is 0 Å². The zero-order valence-electron chi connectivity index (χ0n) is 16.5. The Morgan fingerprint density at radius 3 is 2.50 bits per heavy atom. The number of hydrogen-bond donors (Lipinski definition) is 1. The van der Waals surface area contributed by atoms with Gasteiger partial charge in [-0.3, -0.25) is 4.79 Å². The van der Waals surface area contributed by atoms with Crippen LogP contribution in [0.5, 0.6) is 0 Å². The molecular weight excluding hydrogens is 461 g/mol. The van der Waals surface area contributed by atoms with E-state index in [1.807, 2.05) is 56.3 Å². The van der Waals surface area contributed by atoms with E-state index >= 15 is 0 Å². The van der Waals surface area contributed by atoms with Crippen LogP contribution < -0.4 is 5.43 Å². The number of carbonyl (C=O) groups excluding carboxylic acids is 1. The molecule has 0 aliphatic heterocycles. The van der Waals surface area contributed by atoms with Crippen LogP contribution in [0.25, 0.3) is 5.69 Å². The van der Waals surface area contributed by atoms with Crippen molar-refractivity contribution in [3.05, 3.63) is 80.6 Å². The molecule has 1 amide bonds. The fourth-order valence-corrected chi connectivity index (χ4v) is 4.23. The van der Waals surface area contributed by atoms with Gasteiger partial charge in [-0.05, 0) is 62.4 Å². The van der Waals surface area contributed by atoms with Crippen LogP contribution in [0.2, 0.25) is 15.1 Å². The Morgan fingerprint density at radius 2 is 1.80 bits per heavy atom. The summed E-state index contributed by atoms with van der Waals surface area (Å²) in [5, 5.41) is 5.82. The molecule has 0 fully saturated rings. The Bertz CT molecular complexity index is 1080. The first-order valence-electron chi connectivity index (χ1n) is 9.20. The summed E-state index contributed by atoms with van der Waals surface area (Å²) < 4.78 is 2.06. The Hall–Kier alpha value is -1.92. The van der Waals surface area contributed by atoms with Gasteiger partial charge in [0.15, 0.2) is 0 Å². The molecule has 0 radical (unpaired) electrons. The molecule has 0 aliphatic carbocycles. The van der Waals surface area contributed by atoms with Gasteiger partial charge in [-0.2, -0.15) is 5.10 Å². The number of rotatable bonds is 7. The molecule has 0 aliphatic rings. The largest absolute Gasteiger partial charge is 0.318 e. The van der Waals surface area contributed by atoms with Gasteiger partial charge >= 0.3 is 0 Å². The third kappa shape index (κ3) is 5.82. The number of halogens is 3. The zero-order chi connectivity index (χ0) is 21.7. The molecule has 0 unspecified atom stereocenters. The minimum atomic E-state index is -0.133. The van der Waals surface area contributed by atoms with E-state index in [4.69, 9.17) is 34.8 Å². The van der Waals surface area contributed by atoms with Gasteiger partial charge in [0.1, 0.15) is 0 Å². The smallest absolute Gasteiger partial charge is 0.240 e. The molecule has 0 bridgehead atoms. The minimum Gasteiger partial charge on any atom is -0.318 e. The topological polar surface area (TPSA) is 46.4 Å². The molecule has 4 nitrogen and oxygen atoms in total. The lowest BCUT2D eigenvalue weighted by Gasteiger charge is -2.10. The van der Waals surface area contributed by atoms with Crippen LogP contribution in [0.15, 0.2) is 58.5 Å². The van der Waals surface area contributed by atoms with Crippen LogP contribution in [-0.2, 0) is 4.79 Å². The average Bonchev–Trinajstić information content (AvgIpc) is 2.99. The molecule has 0 saturated carbocycles.